The Hall–Kier alpha value is -1.17. The molecule has 2 rings (SSSR count). The fourth-order valence-corrected chi connectivity index (χ4v) is 2.73. The van der Waals surface area contributed by atoms with Gasteiger partial charge >= 0.3 is 0 Å². The van der Waals surface area contributed by atoms with Crippen LogP contribution >= 0.6 is 11.3 Å². The molecular formula is C14H21N3OS. The van der Waals surface area contributed by atoms with Crippen molar-refractivity contribution in [3.63, 3.8) is 0 Å². The highest BCUT2D eigenvalue weighted by Gasteiger charge is 2.19. The van der Waals surface area contributed by atoms with Gasteiger partial charge in [-0.2, -0.15) is 0 Å². The van der Waals surface area contributed by atoms with Crippen LogP contribution < -0.4 is 5.73 Å². The third kappa shape index (κ3) is 3.43. The number of nitrogens with two attached hydrogens (primary N) is 1. The lowest BCUT2D eigenvalue weighted by Gasteiger charge is -2.24. The second kappa shape index (κ2) is 6.32. The van der Waals surface area contributed by atoms with Crippen LogP contribution in [0.15, 0.2) is 21.9 Å². The number of rotatable bonds is 6. The predicted molar refractivity (Wildman–Crippen MR) is 78.2 cm³/mol. The van der Waals surface area contributed by atoms with E-state index in [4.69, 9.17) is 10.2 Å². The van der Waals surface area contributed by atoms with Crippen LogP contribution in [0.1, 0.15) is 35.2 Å². The van der Waals surface area contributed by atoms with E-state index >= 15 is 0 Å². The van der Waals surface area contributed by atoms with Crippen molar-refractivity contribution in [3.05, 3.63) is 39.7 Å². The van der Waals surface area contributed by atoms with Crippen molar-refractivity contribution in [3.8, 4) is 0 Å². The molecule has 0 aliphatic rings. The molecule has 0 spiro atoms. The Morgan fingerprint density at radius 1 is 1.47 bits per heavy atom. The van der Waals surface area contributed by atoms with E-state index in [1.54, 1.807) is 11.3 Å². The average molecular weight is 279 g/mol. The quantitative estimate of drug-likeness (QED) is 0.883. The Morgan fingerprint density at radius 3 is 2.79 bits per heavy atom. The monoisotopic (exact) mass is 279 g/mol. The van der Waals surface area contributed by atoms with Gasteiger partial charge in [-0.3, -0.25) is 4.90 Å². The van der Waals surface area contributed by atoms with Gasteiger partial charge in [0, 0.05) is 24.9 Å². The van der Waals surface area contributed by atoms with E-state index in [1.807, 2.05) is 19.1 Å². The third-order valence-electron chi connectivity index (χ3n) is 3.19. The van der Waals surface area contributed by atoms with E-state index < -0.39 is 0 Å². The minimum Gasteiger partial charge on any atom is -0.464 e. The topological polar surface area (TPSA) is 55.3 Å². The zero-order valence-corrected chi connectivity index (χ0v) is 12.5. The van der Waals surface area contributed by atoms with Gasteiger partial charge in [0.05, 0.1) is 16.7 Å². The molecule has 5 heteroatoms. The molecule has 1 unspecified atom stereocenters. The molecule has 0 amide bonds. The minimum atomic E-state index is 0.0994. The van der Waals surface area contributed by atoms with E-state index in [1.165, 1.54) is 0 Å². The van der Waals surface area contributed by atoms with Gasteiger partial charge in [0.25, 0.3) is 0 Å². The Balaban J connectivity index is 2.08. The van der Waals surface area contributed by atoms with Crippen molar-refractivity contribution < 1.29 is 4.42 Å². The molecule has 0 aromatic carbocycles. The van der Waals surface area contributed by atoms with Crippen LogP contribution in [0.4, 0.5) is 0 Å². The molecule has 2 heterocycles. The summed E-state index contributed by atoms with van der Waals surface area (Å²) in [5.74, 6) is 1.94. The summed E-state index contributed by atoms with van der Waals surface area (Å²) in [7, 11) is 2.06. The molecule has 2 N–H and O–H groups in total. The summed E-state index contributed by atoms with van der Waals surface area (Å²) >= 11 is 1.68. The van der Waals surface area contributed by atoms with Gasteiger partial charge in [-0.1, -0.05) is 6.92 Å². The normalized spacial score (nSPS) is 13.1. The third-order valence-corrected chi connectivity index (χ3v) is 4.01. The first-order valence-corrected chi connectivity index (χ1v) is 7.42. The lowest BCUT2D eigenvalue weighted by Crippen LogP contribution is -2.30. The Bertz CT molecular complexity index is 520. The highest BCUT2D eigenvalue weighted by atomic mass is 32.1. The van der Waals surface area contributed by atoms with Gasteiger partial charge in [-0.15, -0.1) is 11.3 Å². The highest BCUT2D eigenvalue weighted by Crippen LogP contribution is 2.23. The number of likely N-dealkylation sites (N-methyl/N-ethyl adjacent to an activating group) is 1. The molecule has 2 aromatic heterocycles. The summed E-state index contributed by atoms with van der Waals surface area (Å²) in [4.78, 5) is 6.68. The molecule has 0 saturated heterocycles. The number of hydrogen-bond donors (Lipinski definition) is 1. The second-order valence-electron chi connectivity index (χ2n) is 4.68. The molecule has 19 heavy (non-hydrogen) atoms. The molecule has 0 saturated carbocycles. The number of aromatic nitrogens is 1. The highest BCUT2D eigenvalue weighted by molar-refractivity contribution is 7.09. The van der Waals surface area contributed by atoms with Crippen LogP contribution in [-0.4, -0.2) is 23.5 Å². The largest absolute Gasteiger partial charge is 0.464 e. The van der Waals surface area contributed by atoms with Gasteiger partial charge in [0.2, 0.25) is 0 Å². The molecule has 104 valence electrons. The molecule has 0 bridgehead atoms. The Morgan fingerprint density at radius 2 is 2.26 bits per heavy atom. The summed E-state index contributed by atoms with van der Waals surface area (Å²) in [6.45, 7) is 5.43. The molecular weight excluding hydrogens is 258 g/mol. The van der Waals surface area contributed by atoms with Gasteiger partial charge in [0.15, 0.2) is 0 Å². The number of nitrogens with zero attached hydrogens (tertiary/aromatic N) is 2. The number of aryl methyl sites for hydroxylation is 2. The maximum absolute atomic E-state index is 5.90. The van der Waals surface area contributed by atoms with E-state index in [9.17, 15) is 0 Å². The molecule has 0 fully saturated rings. The Kier molecular flexibility index (Phi) is 4.74. The summed E-state index contributed by atoms with van der Waals surface area (Å²) in [6.07, 6.45) is 0.909. The van der Waals surface area contributed by atoms with E-state index in [0.29, 0.717) is 6.54 Å². The summed E-state index contributed by atoms with van der Waals surface area (Å²) in [5, 5.41) is 3.19. The SMILES string of the molecule is CCc1ccc(C(CN)N(C)Cc2csc(C)n2)o1. The zero-order valence-electron chi connectivity index (χ0n) is 11.7. The molecule has 0 aliphatic heterocycles. The summed E-state index contributed by atoms with van der Waals surface area (Å²) < 4.78 is 5.81. The fraction of sp³-hybridized carbons (Fsp3) is 0.500. The van der Waals surface area contributed by atoms with Gasteiger partial charge in [-0.05, 0) is 26.1 Å². The van der Waals surface area contributed by atoms with Gasteiger partial charge < -0.3 is 10.2 Å². The van der Waals surface area contributed by atoms with Gasteiger partial charge in [0.1, 0.15) is 11.5 Å². The molecule has 0 aliphatic carbocycles. The van der Waals surface area contributed by atoms with Crippen molar-refractivity contribution in [2.24, 2.45) is 5.73 Å². The van der Waals surface area contributed by atoms with Crippen molar-refractivity contribution >= 4 is 11.3 Å². The van der Waals surface area contributed by atoms with Crippen molar-refractivity contribution in [2.75, 3.05) is 13.6 Å². The first-order valence-electron chi connectivity index (χ1n) is 6.54. The smallest absolute Gasteiger partial charge is 0.122 e. The molecule has 1 atom stereocenters. The Labute approximate surface area is 118 Å². The maximum Gasteiger partial charge on any atom is 0.122 e. The molecule has 0 radical (unpaired) electrons. The standard InChI is InChI=1S/C14H21N3OS/c1-4-12-5-6-14(18-12)13(7-15)17(3)8-11-9-19-10(2)16-11/h5-6,9,13H,4,7-8,15H2,1-3H3. The first-order chi connectivity index (χ1) is 9.13. The lowest BCUT2D eigenvalue weighted by atomic mass is 10.2. The lowest BCUT2D eigenvalue weighted by molar-refractivity contribution is 0.208. The summed E-state index contributed by atoms with van der Waals surface area (Å²) in [5.41, 5.74) is 6.98. The van der Waals surface area contributed by atoms with E-state index in [0.717, 1.165) is 35.2 Å². The van der Waals surface area contributed by atoms with Crippen LogP contribution in [0, 0.1) is 6.92 Å². The molecule has 2 aromatic rings. The van der Waals surface area contributed by atoms with E-state index in [-0.39, 0.29) is 6.04 Å². The second-order valence-corrected chi connectivity index (χ2v) is 5.74. The number of furan rings is 1. The maximum atomic E-state index is 5.90. The van der Waals surface area contributed by atoms with Crippen LogP contribution in [0.2, 0.25) is 0 Å². The predicted octanol–water partition coefficient (Wildman–Crippen LogP) is 2.74. The first kappa shape index (κ1) is 14.2. The van der Waals surface area contributed by atoms with Crippen molar-refractivity contribution in [1.29, 1.82) is 0 Å². The van der Waals surface area contributed by atoms with Crippen molar-refractivity contribution in [1.82, 2.24) is 9.88 Å². The van der Waals surface area contributed by atoms with Crippen LogP contribution in [0.25, 0.3) is 0 Å². The van der Waals surface area contributed by atoms with Gasteiger partial charge in [-0.25, -0.2) is 4.98 Å². The zero-order chi connectivity index (χ0) is 13.8. The number of thiazole rings is 1. The van der Waals surface area contributed by atoms with E-state index in [2.05, 4.69) is 29.2 Å². The van der Waals surface area contributed by atoms with Crippen LogP contribution in [0.3, 0.4) is 0 Å². The van der Waals surface area contributed by atoms with Crippen LogP contribution in [-0.2, 0) is 13.0 Å². The van der Waals surface area contributed by atoms with Crippen LogP contribution in [0.5, 0.6) is 0 Å². The number of hydrogen-bond acceptors (Lipinski definition) is 5. The minimum absolute atomic E-state index is 0.0994. The van der Waals surface area contributed by atoms with Crippen molar-refractivity contribution in [2.45, 2.75) is 32.9 Å². The summed E-state index contributed by atoms with van der Waals surface area (Å²) in [6, 6.07) is 4.15. The molecule has 4 nitrogen and oxygen atoms in total. The fourth-order valence-electron chi connectivity index (χ4n) is 2.12. The average Bonchev–Trinajstić information content (AvgIpc) is 3.00.